The van der Waals surface area contributed by atoms with E-state index < -0.39 is 0 Å². The predicted molar refractivity (Wildman–Crippen MR) is 85.8 cm³/mol. The molecule has 2 aromatic rings. The molecule has 3 nitrogen and oxygen atoms in total. The van der Waals surface area contributed by atoms with Gasteiger partial charge in [0.05, 0.1) is 5.69 Å². The molecule has 0 radical (unpaired) electrons. The van der Waals surface area contributed by atoms with Crippen molar-refractivity contribution in [3.8, 4) is 0 Å². The molecule has 1 aromatic heterocycles. The third-order valence-electron chi connectivity index (χ3n) is 2.70. The van der Waals surface area contributed by atoms with Crippen LogP contribution in [0.5, 0.6) is 0 Å². The maximum Gasteiger partial charge on any atom is 0.256 e. The number of pyridine rings is 1. The number of aryl methyl sites for hydroxylation is 2. The van der Waals surface area contributed by atoms with Crippen molar-refractivity contribution >= 4 is 45.9 Å². The average Bonchev–Trinajstić information content (AvgIpc) is 2.37. The van der Waals surface area contributed by atoms with E-state index in [1.165, 1.54) is 0 Å². The molecule has 0 unspecified atom stereocenters. The van der Waals surface area contributed by atoms with E-state index in [9.17, 15) is 4.79 Å². The van der Waals surface area contributed by atoms with E-state index >= 15 is 0 Å². The van der Waals surface area contributed by atoms with Crippen LogP contribution in [0.25, 0.3) is 0 Å². The van der Waals surface area contributed by atoms with Gasteiger partial charge in [-0.1, -0.05) is 17.7 Å². The van der Waals surface area contributed by atoms with Gasteiger partial charge in [0.2, 0.25) is 0 Å². The van der Waals surface area contributed by atoms with Gasteiger partial charge in [0, 0.05) is 14.2 Å². The van der Waals surface area contributed by atoms with Crippen molar-refractivity contribution in [2.24, 2.45) is 0 Å². The second-order valence-corrected chi connectivity index (χ2v) is 5.75. The zero-order valence-corrected chi connectivity index (χ0v) is 13.4. The average molecular weight is 387 g/mol. The maximum atomic E-state index is 12.1. The lowest BCUT2D eigenvalue weighted by atomic mass is 10.1. The van der Waals surface area contributed by atoms with E-state index in [0.717, 1.165) is 14.8 Å². The second kappa shape index (κ2) is 5.88. The van der Waals surface area contributed by atoms with Crippen molar-refractivity contribution in [1.82, 2.24) is 4.98 Å². The Morgan fingerprint density at radius 3 is 2.63 bits per heavy atom. The molecule has 2 rings (SSSR count). The highest BCUT2D eigenvalue weighted by Crippen LogP contribution is 2.18. The van der Waals surface area contributed by atoms with E-state index in [1.807, 2.05) is 26.0 Å². The lowest BCUT2D eigenvalue weighted by Crippen LogP contribution is -2.13. The van der Waals surface area contributed by atoms with E-state index in [1.54, 1.807) is 18.2 Å². The summed E-state index contributed by atoms with van der Waals surface area (Å²) in [6.45, 7) is 3.80. The monoisotopic (exact) mass is 386 g/mol. The smallest absolute Gasteiger partial charge is 0.256 e. The summed E-state index contributed by atoms with van der Waals surface area (Å²) in [5, 5.41) is 3.34. The Balaban J connectivity index is 2.20. The first kappa shape index (κ1) is 14.3. The van der Waals surface area contributed by atoms with Crippen LogP contribution in [0.4, 0.5) is 5.82 Å². The highest BCUT2D eigenvalue weighted by Gasteiger charge is 2.09. The number of carbonyl (C=O) groups excluding carboxylic acids is 1. The van der Waals surface area contributed by atoms with Gasteiger partial charge in [0.15, 0.2) is 0 Å². The summed E-state index contributed by atoms with van der Waals surface area (Å²) < 4.78 is 1.06. The van der Waals surface area contributed by atoms with Crippen molar-refractivity contribution in [1.29, 1.82) is 0 Å². The molecule has 0 aliphatic rings. The lowest BCUT2D eigenvalue weighted by molar-refractivity contribution is 0.102. The molecule has 0 aliphatic carbocycles. The first-order chi connectivity index (χ1) is 8.97. The molecule has 0 atom stereocenters. The number of hydrogen-bond donors (Lipinski definition) is 1. The highest BCUT2D eigenvalue weighted by atomic mass is 127. The van der Waals surface area contributed by atoms with Gasteiger partial charge in [-0.15, -0.1) is 0 Å². The summed E-state index contributed by atoms with van der Waals surface area (Å²) >= 11 is 8.21. The zero-order valence-electron chi connectivity index (χ0n) is 10.5. The van der Waals surface area contributed by atoms with Crippen molar-refractivity contribution in [2.45, 2.75) is 13.8 Å². The van der Waals surface area contributed by atoms with Crippen LogP contribution in [-0.4, -0.2) is 10.9 Å². The Hall–Kier alpha value is -1.14. The van der Waals surface area contributed by atoms with Crippen LogP contribution in [0.3, 0.4) is 0 Å². The van der Waals surface area contributed by atoms with Gasteiger partial charge in [-0.05, 0) is 66.3 Å². The van der Waals surface area contributed by atoms with Gasteiger partial charge in [0.25, 0.3) is 5.91 Å². The second-order valence-electron chi connectivity index (χ2n) is 4.18. The molecular formula is C14H12ClIN2O. The highest BCUT2D eigenvalue weighted by molar-refractivity contribution is 14.1. The van der Waals surface area contributed by atoms with Crippen LogP contribution in [-0.2, 0) is 0 Å². The Morgan fingerprint density at radius 2 is 2.00 bits per heavy atom. The van der Waals surface area contributed by atoms with Crippen LogP contribution >= 0.6 is 34.2 Å². The van der Waals surface area contributed by atoms with E-state index in [0.29, 0.717) is 16.4 Å². The van der Waals surface area contributed by atoms with Crippen molar-refractivity contribution < 1.29 is 4.79 Å². The molecule has 0 saturated carbocycles. The molecule has 19 heavy (non-hydrogen) atoms. The number of benzene rings is 1. The number of halogens is 2. The van der Waals surface area contributed by atoms with Gasteiger partial charge in [0.1, 0.15) is 5.82 Å². The van der Waals surface area contributed by atoms with Crippen molar-refractivity contribution in [3.05, 3.63) is 55.7 Å². The molecule has 0 spiro atoms. The largest absolute Gasteiger partial charge is 0.307 e. The molecular weight excluding hydrogens is 375 g/mol. The number of aromatic nitrogens is 1. The van der Waals surface area contributed by atoms with Gasteiger partial charge >= 0.3 is 0 Å². The Labute approximate surface area is 130 Å². The summed E-state index contributed by atoms with van der Waals surface area (Å²) in [6, 6.07) is 8.93. The van der Waals surface area contributed by atoms with Crippen LogP contribution < -0.4 is 5.32 Å². The number of carbonyl (C=O) groups is 1. The van der Waals surface area contributed by atoms with Gasteiger partial charge in [-0.25, -0.2) is 4.98 Å². The number of amides is 1. The van der Waals surface area contributed by atoms with E-state index in [4.69, 9.17) is 11.6 Å². The maximum absolute atomic E-state index is 12.1. The number of hydrogen-bond acceptors (Lipinski definition) is 2. The minimum absolute atomic E-state index is 0.213. The minimum atomic E-state index is -0.213. The Morgan fingerprint density at radius 1 is 1.26 bits per heavy atom. The van der Waals surface area contributed by atoms with E-state index in [-0.39, 0.29) is 5.91 Å². The van der Waals surface area contributed by atoms with Gasteiger partial charge < -0.3 is 5.32 Å². The minimum Gasteiger partial charge on any atom is -0.307 e. The lowest BCUT2D eigenvalue weighted by Gasteiger charge is -2.07. The third kappa shape index (κ3) is 3.45. The summed E-state index contributed by atoms with van der Waals surface area (Å²) in [5.74, 6) is 0.328. The third-order valence-corrected chi connectivity index (χ3v) is 4.24. The summed E-state index contributed by atoms with van der Waals surface area (Å²) in [4.78, 5) is 16.4. The summed E-state index contributed by atoms with van der Waals surface area (Å²) in [7, 11) is 0. The Bertz CT molecular complexity index is 643. The van der Waals surface area contributed by atoms with Crippen molar-refractivity contribution in [3.63, 3.8) is 0 Å². The van der Waals surface area contributed by atoms with Gasteiger partial charge in [-0.2, -0.15) is 0 Å². The fourth-order valence-electron chi connectivity index (χ4n) is 1.54. The number of nitrogens with zero attached hydrogens (tertiary/aromatic N) is 1. The molecule has 5 heteroatoms. The molecule has 1 N–H and O–H groups in total. The number of nitrogens with one attached hydrogen (secondary N) is 1. The fraction of sp³-hybridized carbons (Fsp3) is 0.143. The van der Waals surface area contributed by atoms with Crippen LogP contribution in [0.15, 0.2) is 30.3 Å². The normalized spacial score (nSPS) is 10.3. The quantitative estimate of drug-likeness (QED) is 0.786. The van der Waals surface area contributed by atoms with Crippen LogP contribution in [0.2, 0.25) is 5.02 Å². The summed E-state index contributed by atoms with van der Waals surface area (Å²) in [5.41, 5.74) is 2.36. The standard InChI is InChI=1S/C14H12ClIN2O/c1-8-3-4-10(7-11(8)15)14(19)18-13-6-5-12(16)9(2)17-13/h3-7H,1-2H3,(H,17,18,19). The molecule has 0 bridgehead atoms. The molecule has 1 amide bonds. The first-order valence-corrected chi connectivity index (χ1v) is 7.13. The van der Waals surface area contributed by atoms with E-state index in [2.05, 4.69) is 32.9 Å². The first-order valence-electron chi connectivity index (χ1n) is 5.68. The number of rotatable bonds is 2. The predicted octanol–water partition coefficient (Wildman–Crippen LogP) is 4.21. The molecule has 0 saturated heterocycles. The number of anilines is 1. The molecule has 0 fully saturated rings. The SMILES string of the molecule is Cc1ccc(C(=O)Nc2ccc(I)c(C)n2)cc1Cl. The fourth-order valence-corrected chi connectivity index (χ4v) is 2.02. The van der Waals surface area contributed by atoms with Crippen LogP contribution in [0, 0.1) is 17.4 Å². The van der Waals surface area contributed by atoms with Crippen LogP contribution in [0.1, 0.15) is 21.6 Å². The molecule has 1 aromatic carbocycles. The summed E-state index contributed by atoms with van der Waals surface area (Å²) in [6.07, 6.45) is 0. The zero-order chi connectivity index (χ0) is 14.0. The Kier molecular flexibility index (Phi) is 4.42. The molecule has 0 aliphatic heterocycles. The molecule has 1 heterocycles. The van der Waals surface area contributed by atoms with Gasteiger partial charge in [-0.3, -0.25) is 4.79 Å². The van der Waals surface area contributed by atoms with Crippen molar-refractivity contribution in [2.75, 3.05) is 5.32 Å². The topological polar surface area (TPSA) is 42.0 Å². The molecule has 98 valence electrons.